The predicted octanol–water partition coefficient (Wildman–Crippen LogP) is 4.23. The van der Waals surface area contributed by atoms with E-state index in [0.717, 1.165) is 36.3 Å². The normalized spacial score (nSPS) is 10.7. The van der Waals surface area contributed by atoms with Crippen LogP contribution in [0.3, 0.4) is 0 Å². The fraction of sp³-hybridized carbons (Fsp3) is 0.200. The second-order valence-electron chi connectivity index (χ2n) is 6.04. The predicted molar refractivity (Wildman–Crippen MR) is 116 cm³/mol. The van der Waals surface area contributed by atoms with E-state index in [4.69, 9.17) is 18.0 Å². The molecule has 0 aliphatic heterocycles. The molecule has 1 heterocycles. The molecule has 26 heavy (non-hydrogen) atoms. The van der Waals surface area contributed by atoms with Crippen molar-refractivity contribution in [2.75, 3.05) is 18.0 Å². The SMILES string of the molecule is NC(=S)NCCCN(Cc1cccc2ccccc12)c1ccc(Br)cn1. The third-order valence-corrected chi connectivity index (χ3v) is 4.79. The van der Waals surface area contributed by atoms with Crippen LogP contribution in [-0.4, -0.2) is 23.2 Å². The number of thiocarbonyl (C=S) groups is 1. The molecule has 0 saturated carbocycles. The van der Waals surface area contributed by atoms with Gasteiger partial charge in [0.25, 0.3) is 0 Å². The maximum absolute atomic E-state index is 5.51. The third kappa shape index (κ3) is 4.93. The minimum atomic E-state index is 0.340. The Kier molecular flexibility index (Phi) is 6.41. The lowest BCUT2D eigenvalue weighted by molar-refractivity contribution is 0.704. The molecule has 0 aliphatic carbocycles. The summed E-state index contributed by atoms with van der Waals surface area (Å²) in [6.45, 7) is 2.40. The van der Waals surface area contributed by atoms with Crippen LogP contribution in [0.5, 0.6) is 0 Å². The lowest BCUT2D eigenvalue weighted by Crippen LogP contribution is -2.33. The standard InChI is InChI=1S/C20H21BrN4S/c21-17-9-10-19(24-13-17)25(12-4-11-23-20(22)26)14-16-7-3-6-15-5-1-2-8-18(15)16/h1-3,5-10,13H,4,11-12,14H2,(H3,22,23,26). The zero-order chi connectivity index (χ0) is 18.4. The van der Waals surface area contributed by atoms with E-state index in [0.29, 0.717) is 5.11 Å². The average Bonchev–Trinajstić information content (AvgIpc) is 2.65. The Morgan fingerprint density at radius 2 is 1.92 bits per heavy atom. The van der Waals surface area contributed by atoms with Crippen molar-refractivity contribution in [3.63, 3.8) is 0 Å². The highest BCUT2D eigenvalue weighted by Gasteiger charge is 2.11. The number of hydrogen-bond acceptors (Lipinski definition) is 3. The molecule has 0 amide bonds. The molecule has 4 nitrogen and oxygen atoms in total. The Labute approximate surface area is 167 Å². The van der Waals surface area contributed by atoms with Gasteiger partial charge in [-0.3, -0.25) is 0 Å². The number of hydrogen-bond donors (Lipinski definition) is 2. The first-order valence-electron chi connectivity index (χ1n) is 8.50. The molecule has 0 saturated heterocycles. The summed E-state index contributed by atoms with van der Waals surface area (Å²) in [5, 5.41) is 5.88. The molecular formula is C20H21BrN4S. The number of pyridine rings is 1. The number of fused-ring (bicyclic) bond motifs is 1. The van der Waals surface area contributed by atoms with Gasteiger partial charge in [0.1, 0.15) is 5.82 Å². The van der Waals surface area contributed by atoms with Gasteiger partial charge in [0.05, 0.1) is 0 Å². The minimum Gasteiger partial charge on any atom is -0.376 e. The summed E-state index contributed by atoms with van der Waals surface area (Å²) in [5.74, 6) is 0.955. The van der Waals surface area contributed by atoms with Gasteiger partial charge in [0.15, 0.2) is 5.11 Å². The summed E-state index contributed by atoms with van der Waals surface area (Å²) >= 11 is 8.33. The van der Waals surface area contributed by atoms with Gasteiger partial charge in [-0.05, 0) is 63.0 Å². The number of halogens is 1. The number of nitrogens with two attached hydrogens (primary N) is 1. The summed E-state index contributed by atoms with van der Waals surface area (Å²) in [7, 11) is 0. The molecule has 134 valence electrons. The van der Waals surface area contributed by atoms with Crippen LogP contribution in [0.1, 0.15) is 12.0 Å². The van der Waals surface area contributed by atoms with Crippen LogP contribution in [0.4, 0.5) is 5.82 Å². The summed E-state index contributed by atoms with van der Waals surface area (Å²) in [6.07, 6.45) is 2.75. The highest BCUT2D eigenvalue weighted by atomic mass is 79.9. The van der Waals surface area contributed by atoms with Crippen LogP contribution in [0.25, 0.3) is 10.8 Å². The number of nitrogens with one attached hydrogen (secondary N) is 1. The second-order valence-corrected chi connectivity index (χ2v) is 7.39. The van der Waals surface area contributed by atoms with Gasteiger partial charge in [-0.25, -0.2) is 4.98 Å². The zero-order valence-electron chi connectivity index (χ0n) is 14.4. The molecule has 0 bridgehead atoms. The highest BCUT2D eigenvalue weighted by molar-refractivity contribution is 9.10. The first kappa shape index (κ1) is 18.6. The van der Waals surface area contributed by atoms with Gasteiger partial charge in [-0.2, -0.15) is 0 Å². The smallest absolute Gasteiger partial charge is 0.163 e. The molecule has 3 N–H and O–H groups in total. The van der Waals surface area contributed by atoms with Gasteiger partial charge < -0.3 is 16.0 Å². The second kappa shape index (κ2) is 8.96. The molecule has 6 heteroatoms. The molecule has 0 fully saturated rings. The number of rotatable bonds is 7. The summed E-state index contributed by atoms with van der Waals surface area (Å²) in [5.41, 5.74) is 6.80. The van der Waals surface area contributed by atoms with E-state index in [-0.39, 0.29) is 0 Å². The van der Waals surface area contributed by atoms with Crippen LogP contribution in [0.2, 0.25) is 0 Å². The van der Waals surface area contributed by atoms with Gasteiger partial charge in [-0.1, -0.05) is 42.5 Å². The molecular weight excluding hydrogens is 408 g/mol. The van der Waals surface area contributed by atoms with E-state index in [1.165, 1.54) is 16.3 Å². The van der Waals surface area contributed by atoms with E-state index >= 15 is 0 Å². The van der Waals surface area contributed by atoms with Gasteiger partial charge >= 0.3 is 0 Å². The molecule has 3 rings (SSSR count). The molecule has 0 atom stereocenters. The topological polar surface area (TPSA) is 54.2 Å². The maximum Gasteiger partial charge on any atom is 0.163 e. The monoisotopic (exact) mass is 428 g/mol. The molecule has 1 aromatic heterocycles. The van der Waals surface area contributed by atoms with E-state index in [1.807, 2.05) is 18.3 Å². The molecule has 2 aromatic carbocycles. The number of nitrogens with zero attached hydrogens (tertiary/aromatic N) is 2. The van der Waals surface area contributed by atoms with E-state index in [1.54, 1.807) is 0 Å². The van der Waals surface area contributed by atoms with Crippen molar-refractivity contribution in [3.8, 4) is 0 Å². The van der Waals surface area contributed by atoms with Crippen molar-refractivity contribution in [3.05, 3.63) is 70.8 Å². The number of aromatic nitrogens is 1. The van der Waals surface area contributed by atoms with Crippen molar-refractivity contribution in [1.82, 2.24) is 10.3 Å². The van der Waals surface area contributed by atoms with Crippen LogP contribution < -0.4 is 16.0 Å². The van der Waals surface area contributed by atoms with Gasteiger partial charge in [0, 0.05) is 30.3 Å². The maximum atomic E-state index is 5.51. The van der Waals surface area contributed by atoms with Gasteiger partial charge in [-0.15, -0.1) is 0 Å². The summed E-state index contributed by atoms with van der Waals surface area (Å²) in [4.78, 5) is 6.86. The molecule has 0 aliphatic rings. The number of benzene rings is 2. The quantitative estimate of drug-likeness (QED) is 0.435. The number of anilines is 1. The third-order valence-electron chi connectivity index (χ3n) is 4.18. The van der Waals surface area contributed by atoms with Crippen molar-refractivity contribution >= 4 is 49.9 Å². The Morgan fingerprint density at radius 3 is 2.69 bits per heavy atom. The lowest BCUT2D eigenvalue weighted by atomic mass is 10.0. The van der Waals surface area contributed by atoms with E-state index in [9.17, 15) is 0 Å². The molecule has 3 aromatic rings. The van der Waals surface area contributed by atoms with Crippen LogP contribution >= 0.6 is 28.1 Å². The van der Waals surface area contributed by atoms with Crippen molar-refractivity contribution < 1.29 is 0 Å². The van der Waals surface area contributed by atoms with Crippen LogP contribution in [0.15, 0.2) is 65.3 Å². The Hall–Kier alpha value is -2.18. The fourth-order valence-electron chi connectivity index (χ4n) is 2.95. The molecule has 0 radical (unpaired) electrons. The Balaban J connectivity index is 1.82. The van der Waals surface area contributed by atoms with Crippen LogP contribution in [-0.2, 0) is 6.54 Å². The van der Waals surface area contributed by atoms with Gasteiger partial charge in [0.2, 0.25) is 0 Å². The summed E-state index contributed by atoms with van der Waals surface area (Å²) in [6, 6.07) is 19.0. The Bertz CT molecular complexity index is 877. The van der Waals surface area contributed by atoms with E-state index in [2.05, 4.69) is 73.6 Å². The van der Waals surface area contributed by atoms with Crippen molar-refractivity contribution in [2.24, 2.45) is 5.73 Å². The minimum absolute atomic E-state index is 0.340. The molecule has 0 spiro atoms. The fourth-order valence-corrected chi connectivity index (χ4v) is 3.28. The first-order chi connectivity index (χ1) is 12.6. The lowest BCUT2D eigenvalue weighted by Gasteiger charge is -2.25. The van der Waals surface area contributed by atoms with Crippen molar-refractivity contribution in [1.29, 1.82) is 0 Å². The Morgan fingerprint density at radius 1 is 1.12 bits per heavy atom. The summed E-state index contributed by atoms with van der Waals surface area (Å²) < 4.78 is 0.974. The van der Waals surface area contributed by atoms with Crippen molar-refractivity contribution in [2.45, 2.75) is 13.0 Å². The largest absolute Gasteiger partial charge is 0.376 e. The van der Waals surface area contributed by atoms with E-state index < -0.39 is 0 Å². The average molecular weight is 429 g/mol. The van der Waals surface area contributed by atoms with Crippen LogP contribution in [0, 0.1) is 0 Å². The first-order valence-corrected chi connectivity index (χ1v) is 9.70. The molecule has 0 unspecified atom stereocenters. The highest BCUT2D eigenvalue weighted by Crippen LogP contribution is 2.23. The zero-order valence-corrected chi connectivity index (χ0v) is 16.8.